The van der Waals surface area contributed by atoms with Crippen LogP contribution in [0.5, 0.6) is 11.5 Å². The SMILES string of the molecule is CCCCOc1ccc([C@@H]2CC(Oc3ccc(C(=O)O)nc3)=NO2)cc1. The summed E-state index contributed by atoms with van der Waals surface area (Å²) in [5, 5.41) is 12.8. The summed E-state index contributed by atoms with van der Waals surface area (Å²) in [6.45, 7) is 2.84. The van der Waals surface area contributed by atoms with Gasteiger partial charge in [0, 0.05) is 0 Å². The topological polar surface area (TPSA) is 90.2 Å². The highest BCUT2D eigenvalue weighted by atomic mass is 16.7. The lowest BCUT2D eigenvalue weighted by molar-refractivity contribution is 0.0690. The number of rotatable bonds is 7. The van der Waals surface area contributed by atoms with Gasteiger partial charge in [0.05, 0.1) is 19.2 Å². The van der Waals surface area contributed by atoms with Gasteiger partial charge in [-0.15, -0.1) is 0 Å². The van der Waals surface area contributed by atoms with Crippen molar-refractivity contribution >= 4 is 11.9 Å². The number of nitrogens with zero attached hydrogens (tertiary/aromatic N) is 2. The normalized spacial score (nSPS) is 15.9. The van der Waals surface area contributed by atoms with Crippen LogP contribution < -0.4 is 9.47 Å². The molecule has 0 fully saturated rings. The maximum absolute atomic E-state index is 10.8. The van der Waals surface area contributed by atoms with Gasteiger partial charge in [-0.3, -0.25) is 0 Å². The van der Waals surface area contributed by atoms with Gasteiger partial charge < -0.3 is 19.4 Å². The Morgan fingerprint density at radius 2 is 2.00 bits per heavy atom. The number of benzene rings is 1. The molecular weight excluding hydrogens is 336 g/mol. The maximum atomic E-state index is 10.8. The number of carbonyl (C=O) groups is 1. The van der Waals surface area contributed by atoms with Crippen molar-refractivity contribution < 1.29 is 24.2 Å². The Bertz CT molecular complexity index is 772. The molecule has 0 amide bonds. The first-order chi connectivity index (χ1) is 12.7. The lowest BCUT2D eigenvalue weighted by atomic mass is 10.1. The molecule has 0 aliphatic carbocycles. The molecule has 1 aliphatic rings. The molecule has 136 valence electrons. The Labute approximate surface area is 151 Å². The fourth-order valence-electron chi connectivity index (χ4n) is 2.41. The molecular formula is C19H20N2O5. The highest BCUT2D eigenvalue weighted by Crippen LogP contribution is 2.29. The largest absolute Gasteiger partial charge is 0.494 e. The Morgan fingerprint density at radius 1 is 1.23 bits per heavy atom. The van der Waals surface area contributed by atoms with E-state index >= 15 is 0 Å². The molecule has 2 heterocycles. The molecule has 0 radical (unpaired) electrons. The smallest absolute Gasteiger partial charge is 0.354 e. The molecule has 3 rings (SSSR count). The number of hydrogen-bond acceptors (Lipinski definition) is 6. The van der Waals surface area contributed by atoms with Gasteiger partial charge in [0.1, 0.15) is 17.2 Å². The lowest BCUT2D eigenvalue weighted by Crippen LogP contribution is -2.08. The third-order valence-corrected chi connectivity index (χ3v) is 3.85. The number of ether oxygens (including phenoxy) is 2. The highest BCUT2D eigenvalue weighted by Gasteiger charge is 2.24. The second-order valence-corrected chi connectivity index (χ2v) is 5.84. The number of pyridine rings is 1. The van der Waals surface area contributed by atoms with Crippen molar-refractivity contribution in [2.45, 2.75) is 32.3 Å². The van der Waals surface area contributed by atoms with Gasteiger partial charge in [-0.05, 0) is 36.2 Å². The summed E-state index contributed by atoms with van der Waals surface area (Å²) in [7, 11) is 0. The number of carboxylic acid groups (broad SMARTS) is 1. The molecule has 0 spiro atoms. The molecule has 0 saturated heterocycles. The second kappa shape index (κ2) is 8.33. The Balaban J connectivity index is 1.53. The Hall–Kier alpha value is -3.09. The fourth-order valence-corrected chi connectivity index (χ4v) is 2.41. The molecule has 1 atom stereocenters. The molecule has 0 unspecified atom stereocenters. The molecule has 0 saturated carbocycles. The van der Waals surface area contributed by atoms with E-state index in [0.717, 1.165) is 24.2 Å². The summed E-state index contributed by atoms with van der Waals surface area (Å²) in [6.07, 6.45) is 3.74. The Kier molecular flexibility index (Phi) is 5.68. The van der Waals surface area contributed by atoms with E-state index in [1.807, 2.05) is 24.3 Å². The van der Waals surface area contributed by atoms with Crippen LogP contribution in [0.4, 0.5) is 0 Å². The van der Waals surface area contributed by atoms with Crippen LogP contribution in [0.3, 0.4) is 0 Å². The minimum atomic E-state index is -1.08. The number of hydrogen-bond donors (Lipinski definition) is 1. The van der Waals surface area contributed by atoms with E-state index in [9.17, 15) is 4.79 Å². The van der Waals surface area contributed by atoms with Gasteiger partial charge in [0.15, 0.2) is 6.10 Å². The Morgan fingerprint density at radius 3 is 2.65 bits per heavy atom. The molecule has 2 aromatic rings. The van der Waals surface area contributed by atoms with E-state index in [1.165, 1.54) is 18.3 Å². The van der Waals surface area contributed by atoms with Gasteiger partial charge in [0.25, 0.3) is 0 Å². The van der Waals surface area contributed by atoms with Crippen molar-refractivity contribution in [2.75, 3.05) is 6.61 Å². The standard InChI is InChI=1S/C19H20N2O5/c1-2-3-10-24-14-6-4-13(5-7-14)17-11-18(21-26-17)25-15-8-9-16(19(22)23)20-12-15/h4-9,12,17H,2-3,10-11H2,1H3,(H,22,23)/t17-/m0/s1. The number of carboxylic acids is 1. The summed E-state index contributed by atoms with van der Waals surface area (Å²) in [6, 6.07) is 10.7. The summed E-state index contributed by atoms with van der Waals surface area (Å²) in [5.41, 5.74) is 0.940. The van der Waals surface area contributed by atoms with E-state index in [1.54, 1.807) is 0 Å². The van der Waals surface area contributed by atoms with E-state index in [4.69, 9.17) is 19.4 Å². The van der Waals surface area contributed by atoms with Gasteiger partial charge in [-0.25, -0.2) is 9.78 Å². The van der Waals surface area contributed by atoms with Gasteiger partial charge in [-0.1, -0.05) is 30.6 Å². The summed E-state index contributed by atoms with van der Waals surface area (Å²) in [4.78, 5) is 20.0. The van der Waals surface area contributed by atoms with Crippen LogP contribution in [-0.4, -0.2) is 28.6 Å². The van der Waals surface area contributed by atoms with Crippen LogP contribution in [0.25, 0.3) is 0 Å². The van der Waals surface area contributed by atoms with Crippen LogP contribution in [0.2, 0.25) is 0 Å². The first-order valence-corrected chi connectivity index (χ1v) is 8.48. The third kappa shape index (κ3) is 4.50. The van der Waals surface area contributed by atoms with Crippen molar-refractivity contribution in [3.8, 4) is 11.5 Å². The maximum Gasteiger partial charge on any atom is 0.354 e. The zero-order valence-corrected chi connectivity index (χ0v) is 14.4. The average Bonchev–Trinajstić information content (AvgIpc) is 3.11. The van der Waals surface area contributed by atoms with Crippen LogP contribution in [0.1, 0.15) is 48.3 Å². The van der Waals surface area contributed by atoms with Crippen molar-refractivity contribution in [1.29, 1.82) is 0 Å². The lowest BCUT2D eigenvalue weighted by Gasteiger charge is -2.10. The minimum absolute atomic E-state index is 0.0407. The van der Waals surface area contributed by atoms with Crippen LogP contribution in [0, 0.1) is 0 Å². The van der Waals surface area contributed by atoms with E-state index in [2.05, 4.69) is 17.1 Å². The first-order valence-electron chi connectivity index (χ1n) is 8.48. The quantitative estimate of drug-likeness (QED) is 0.759. The first kappa shape index (κ1) is 17.7. The van der Waals surface area contributed by atoms with Crippen LogP contribution >= 0.6 is 0 Å². The van der Waals surface area contributed by atoms with Crippen molar-refractivity contribution in [3.05, 3.63) is 53.9 Å². The summed E-state index contributed by atoms with van der Waals surface area (Å²) >= 11 is 0. The summed E-state index contributed by atoms with van der Waals surface area (Å²) < 4.78 is 11.2. The van der Waals surface area contributed by atoms with E-state index in [0.29, 0.717) is 24.7 Å². The fraction of sp³-hybridized carbons (Fsp3) is 0.316. The predicted octanol–water partition coefficient (Wildman–Crippen LogP) is 3.81. The highest BCUT2D eigenvalue weighted by molar-refractivity contribution is 5.85. The van der Waals surface area contributed by atoms with Crippen LogP contribution in [0.15, 0.2) is 47.8 Å². The number of aromatic nitrogens is 1. The average molecular weight is 356 g/mol. The molecule has 1 aromatic heterocycles. The van der Waals surface area contributed by atoms with Gasteiger partial charge >= 0.3 is 5.97 Å². The zero-order chi connectivity index (χ0) is 18.4. The molecule has 7 heteroatoms. The molecule has 1 N–H and O–H groups in total. The predicted molar refractivity (Wildman–Crippen MR) is 94.5 cm³/mol. The number of aromatic carboxylic acids is 1. The molecule has 1 aromatic carbocycles. The molecule has 7 nitrogen and oxygen atoms in total. The number of oxime groups is 1. The minimum Gasteiger partial charge on any atom is -0.494 e. The monoisotopic (exact) mass is 356 g/mol. The van der Waals surface area contributed by atoms with Crippen molar-refractivity contribution in [3.63, 3.8) is 0 Å². The van der Waals surface area contributed by atoms with Crippen molar-refractivity contribution in [1.82, 2.24) is 4.98 Å². The molecule has 26 heavy (non-hydrogen) atoms. The van der Waals surface area contributed by atoms with Gasteiger partial charge in [0.2, 0.25) is 5.90 Å². The third-order valence-electron chi connectivity index (χ3n) is 3.85. The van der Waals surface area contributed by atoms with Gasteiger partial charge in [-0.2, -0.15) is 0 Å². The second-order valence-electron chi connectivity index (χ2n) is 5.84. The number of unbranched alkanes of at least 4 members (excludes halogenated alkanes) is 1. The zero-order valence-electron chi connectivity index (χ0n) is 14.4. The van der Waals surface area contributed by atoms with E-state index < -0.39 is 5.97 Å². The van der Waals surface area contributed by atoms with E-state index in [-0.39, 0.29) is 11.8 Å². The molecule has 1 aliphatic heterocycles. The molecule has 0 bridgehead atoms. The van der Waals surface area contributed by atoms with Crippen LogP contribution in [-0.2, 0) is 4.84 Å². The van der Waals surface area contributed by atoms with Crippen molar-refractivity contribution in [2.24, 2.45) is 5.16 Å². The summed E-state index contributed by atoms with van der Waals surface area (Å²) in [5.74, 6) is 0.586.